The van der Waals surface area contributed by atoms with E-state index in [1.165, 1.54) is 0 Å². The highest BCUT2D eigenvalue weighted by molar-refractivity contribution is 6.31. The SMILES string of the molecule is CNc1nc(N)nc(Cl)c1C#N. The van der Waals surface area contributed by atoms with Crippen molar-refractivity contribution in [3.63, 3.8) is 0 Å². The molecule has 1 aromatic heterocycles. The monoisotopic (exact) mass is 183 g/mol. The van der Waals surface area contributed by atoms with E-state index < -0.39 is 0 Å². The summed E-state index contributed by atoms with van der Waals surface area (Å²) in [6, 6.07) is 1.87. The molecule has 3 N–H and O–H groups in total. The van der Waals surface area contributed by atoms with Gasteiger partial charge in [-0.3, -0.25) is 0 Å². The number of aromatic nitrogens is 2. The number of hydrogen-bond acceptors (Lipinski definition) is 5. The predicted octanol–water partition coefficient (Wildman–Crippen LogP) is 0.626. The van der Waals surface area contributed by atoms with Crippen molar-refractivity contribution >= 4 is 23.4 Å². The van der Waals surface area contributed by atoms with Crippen molar-refractivity contribution in [3.8, 4) is 6.07 Å². The van der Waals surface area contributed by atoms with Gasteiger partial charge >= 0.3 is 0 Å². The summed E-state index contributed by atoms with van der Waals surface area (Å²) in [5.41, 5.74) is 5.50. The second kappa shape index (κ2) is 3.24. The van der Waals surface area contributed by atoms with Crippen LogP contribution in [0.2, 0.25) is 5.15 Å². The second-order valence-electron chi connectivity index (χ2n) is 1.96. The predicted molar refractivity (Wildman–Crippen MR) is 45.7 cm³/mol. The normalized spacial score (nSPS) is 9.08. The summed E-state index contributed by atoms with van der Waals surface area (Å²) in [5, 5.41) is 11.4. The molecule has 0 fully saturated rings. The van der Waals surface area contributed by atoms with Gasteiger partial charge in [-0.2, -0.15) is 15.2 Å². The fourth-order valence-electron chi connectivity index (χ4n) is 0.730. The van der Waals surface area contributed by atoms with E-state index in [-0.39, 0.29) is 16.7 Å². The smallest absolute Gasteiger partial charge is 0.223 e. The van der Waals surface area contributed by atoms with Crippen molar-refractivity contribution in [1.82, 2.24) is 9.97 Å². The van der Waals surface area contributed by atoms with Gasteiger partial charge in [-0.05, 0) is 0 Å². The van der Waals surface area contributed by atoms with Gasteiger partial charge in [0.1, 0.15) is 11.6 Å². The molecule has 0 aromatic carbocycles. The molecule has 0 saturated heterocycles. The summed E-state index contributed by atoms with van der Waals surface area (Å²) in [5.74, 6) is 0.387. The number of nitrogens with zero attached hydrogens (tertiary/aromatic N) is 3. The standard InChI is InChI=1S/C6H6ClN5/c1-10-5-3(2-8)4(7)11-6(9)12-5/h1H3,(H3,9,10,11,12). The molecule has 62 valence electrons. The molecule has 0 spiro atoms. The van der Waals surface area contributed by atoms with E-state index in [1.54, 1.807) is 7.05 Å². The Balaban J connectivity index is 3.36. The number of anilines is 2. The first kappa shape index (κ1) is 8.56. The fraction of sp³-hybridized carbons (Fsp3) is 0.167. The van der Waals surface area contributed by atoms with E-state index in [2.05, 4.69) is 15.3 Å². The Morgan fingerprint density at radius 3 is 2.75 bits per heavy atom. The largest absolute Gasteiger partial charge is 0.372 e. The van der Waals surface area contributed by atoms with Gasteiger partial charge in [0, 0.05) is 7.05 Å². The molecule has 1 rings (SSSR count). The Hall–Kier alpha value is -1.54. The lowest BCUT2D eigenvalue weighted by molar-refractivity contribution is 1.16. The topological polar surface area (TPSA) is 87.6 Å². The zero-order chi connectivity index (χ0) is 9.14. The Labute approximate surface area is 74.2 Å². The third-order valence-electron chi connectivity index (χ3n) is 1.23. The highest BCUT2D eigenvalue weighted by Crippen LogP contribution is 2.19. The van der Waals surface area contributed by atoms with Crippen LogP contribution in [0.25, 0.3) is 0 Å². The van der Waals surface area contributed by atoms with Gasteiger partial charge in [-0.15, -0.1) is 0 Å². The van der Waals surface area contributed by atoms with Crippen LogP contribution in [0.1, 0.15) is 5.56 Å². The number of rotatable bonds is 1. The Bertz CT molecular complexity index is 343. The Morgan fingerprint density at radius 2 is 2.25 bits per heavy atom. The highest BCUT2D eigenvalue weighted by atomic mass is 35.5. The zero-order valence-electron chi connectivity index (χ0n) is 6.30. The van der Waals surface area contributed by atoms with Gasteiger partial charge in [-0.25, -0.2) is 0 Å². The van der Waals surface area contributed by atoms with Crippen molar-refractivity contribution < 1.29 is 0 Å². The molecular weight excluding hydrogens is 178 g/mol. The highest BCUT2D eigenvalue weighted by Gasteiger charge is 2.09. The van der Waals surface area contributed by atoms with Crippen LogP contribution in [0.15, 0.2) is 0 Å². The average molecular weight is 184 g/mol. The van der Waals surface area contributed by atoms with E-state index in [0.29, 0.717) is 5.82 Å². The van der Waals surface area contributed by atoms with Crippen molar-refractivity contribution in [3.05, 3.63) is 10.7 Å². The molecule has 0 aliphatic rings. The number of nitrogen functional groups attached to an aromatic ring is 1. The van der Waals surface area contributed by atoms with Gasteiger partial charge < -0.3 is 11.1 Å². The number of nitrogens with two attached hydrogens (primary N) is 1. The minimum Gasteiger partial charge on any atom is -0.372 e. The molecule has 0 bridgehead atoms. The minimum atomic E-state index is 0.0448. The number of nitrogens with one attached hydrogen (secondary N) is 1. The first-order chi connectivity index (χ1) is 5.69. The summed E-state index contributed by atoms with van der Waals surface area (Å²) in [7, 11) is 1.62. The van der Waals surface area contributed by atoms with Crippen molar-refractivity contribution in [2.45, 2.75) is 0 Å². The first-order valence-electron chi connectivity index (χ1n) is 3.10. The van der Waals surface area contributed by atoms with E-state index in [1.807, 2.05) is 6.07 Å². The van der Waals surface area contributed by atoms with Gasteiger partial charge in [-0.1, -0.05) is 11.6 Å². The maximum atomic E-state index is 8.63. The molecule has 0 amide bonds. The molecular formula is C6H6ClN5. The van der Waals surface area contributed by atoms with E-state index in [0.717, 1.165) is 0 Å². The molecule has 1 aromatic rings. The van der Waals surface area contributed by atoms with Crippen molar-refractivity contribution in [1.29, 1.82) is 5.26 Å². The number of nitriles is 1. The first-order valence-corrected chi connectivity index (χ1v) is 3.47. The quantitative estimate of drug-likeness (QED) is 0.624. The van der Waals surface area contributed by atoms with Gasteiger partial charge in [0.2, 0.25) is 5.95 Å². The van der Waals surface area contributed by atoms with Crippen LogP contribution in [0, 0.1) is 11.3 Å². The summed E-state index contributed by atoms with van der Waals surface area (Å²) < 4.78 is 0. The molecule has 0 unspecified atom stereocenters. The Kier molecular flexibility index (Phi) is 2.31. The molecule has 12 heavy (non-hydrogen) atoms. The number of halogens is 1. The minimum absolute atomic E-state index is 0.0448. The van der Waals surface area contributed by atoms with Crippen LogP contribution in [0.4, 0.5) is 11.8 Å². The number of hydrogen-bond donors (Lipinski definition) is 2. The van der Waals surface area contributed by atoms with E-state index in [9.17, 15) is 0 Å². The second-order valence-corrected chi connectivity index (χ2v) is 2.32. The van der Waals surface area contributed by atoms with Crippen LogP contribution in [-0.4, -0.2) is 17.0 Å². The van der Waals surface area contributed by atoms with Gasteiger partial charge in [0.05, 0.1) is 0 Å². The van der Waals surface area contributed by atoms with Crippen LogP contribution in [0.3, 0.4) is 0 Å². The molecule has 6 heteroatoms. The zero-order valence-corrected chi connectivity index (χ0v) is 7.05. The maximum absolute atomic E-state index is 8.63. The fourth-order valence-corrected chi connectivity index (χ4v) is 0.948. The van der Waals surface area contributed by atoms with Crippen LogP contribution in [0.5, 0.6) is 0 Å². The third kappa shape index (κ3) is 1.38. The summed E-state index contributed by atoms with van der Waals surface area (Å²) in [6.07, 6.45) is 0. The third-order valence-corrected chi connectivity index (χ3v) is 1.50. The van der Waals surface area contributed by atoms with Crippen LogP contribution < -0.4 is 11.1 Å². The lowest BCUT2D eigenvalue weighted by Crippen LogP contribution is -2.03. The molecule has 0 saturated carbocycles. The summed E-state index contributed by atoms with van der Waals surface area (Å²) >= 11 is 5.62. The molecule has 0 radical (unpaired) electrons. The van der Waals surface area contributed by atoms with Crippen molar-refractivity contribution in [2.75, 3.05) is 18.1 Å². The van der Waals surface area contributed by atoms with Gasteiger partial charge in [0.25, 0.3) is 0 Å². The lowest BCUT2D eigenvalue weighted by Gasteiger charge is -2.02. The van der Waals surface area contributed by atoms with Gasteiger partial charge in [0.15, 0.2) is 11.0 Å². The van der Waals surface area contributed by atoms with Crippen LogP contribution in [-0.2, 0) is 0 Å². The average Bonchev–Trinajstić information content (AvgIpc) is 2.03. The van der Waals surface area contributed by atoms with E-state index >= 15 is 0 Å². The molecule has 0 aliphatic heterocycles. The Morgan fingerprint density at radius 1 is 1.58 bits per heavy atom. The molecule has 0 aliphatic carbocycles. The molecule has 5 nitrogen and oxygen atoms in total. The summed E-state index contributed by atoms with van der Waals surface area (Å²) in [4.78, 5) is 7.39. The van der Waals surface area contributed by atoms with Crippen LogP contribution >= 0.6 is 11.6 Å². The van der Waals surface area contributed by atoms with Crippen molar-refractivity contribution in [2.24, 2.45) is 0 Å². The van der Waals surface area contributed by atoms with E-state index in [4.69, 9.17) is 22.6 Å². The maximum Gasteiger partial charge on any atom is 0.223 e. The molecule has 0 atom stereocenters. The summed E-state index contributed by atoms with van der Waals surface area (Å²) in [6.45, 7) is 0. The lowest BCUT2D eigenvalue weighted by atomic mass is 10.3. The molecule has 1 heterocycles.